The molecular weight excluding hydrogens is 320 g/mol. The molecule has 1 aromatic carbocycles. The van der Waals surface area contributed by atoms with Crippen LogP contribution in [-0.2, 0) is 11.3 Å². The van der Waals surface area contributed by atoms with E-state index in [1.54, 1.807) is 14.2 Å². The molecule has 1 heterocycles. The molecule has 2 N–H and O–H groups in total. The molecule has 6 heteroatoms. The minimum Gasteiger partial charge on any atom is -0.496 e. The lowest BCUT2D eigenvalue weighted by molar-refractivity contribution is -0.122. The molecule has 138 valence electrons. The van der Waals surface area contributed by atoms with E-state index < -0.39 is 6.10 Å². The van der Waals surface area contributed by atoms with Crippen LogP contribution in [0.1, 0.15) is 49.3 Å². The largest absolute Gasteiger partial charge is 0.496 e. The fourth-order valence-corrected chi connectivity index (χ4v) is 3.94. The standard InChI is InChI=1S/C19H28N2O4/c1-24-16-7-8-17(25-2)19-14(16)11-21(12-15(19)22)10-9-18(23)20-13-5-3-4-6-13/h7-8,13,15,22H,3-6,9-12H2,1-2H3,(H,20,23). The Kier molecular flexibility index (Phi) is 5.81. The third kappa shape index (κ3) is 4.07. The Morgan fingerprint density at radius 3 is 2.60 bits per heavy atom. The minimum absolute atomic E-state index is 0.102. The number of rotatable bonds is 6. The van der Waals surface area contributed by atoms with Crippen LogP contribution in [0.3, 0.4) is 0 Å². The van der Waals surface area contributed by atoms with Gasteiger partial charge in [0.15, 0.2) is 0 Å². The monoisotopic (exact) mass is 348 g/mol. The molecule has 1 amide bonds. The number of benzene rings is 1. The van der Waals surface area contributed by atoms with Crippen molar-refractivity contribution in [1.29, 1.82) is 0 Å². The first-order chi connectivity index (χ1) is 12.1. The Bertz CT molecular complexity index is 614. The molecule has 6 nitrogen and oxygen atoms in total. The first-order valence-electron chi connectivity index (χ1n) is 9.06. The zero-order valence-corrected chi connectivity index (χ0v) is 15.1. The van der Waals surface area contributed by atoms with E-state index in [0.717, 1.165) is 29.7 Å². The lowest BCUT2D eigenvalue weighted by Crippen LogP contribution is -2.38. The molecule has 2 aliphatic rings. The summed E-state index contributed by atoms with van der Waals surface area (Å²) >= 11 is 0. The van der Waals surface area contributed by atoms with E-state index >= 15 is 0 Å². The molecule has 1 aliphatic heterocycles. The molecule has 1 saturated carbocycles. The second kappa shape index (κ2) is 8.06. The van der Waals surface area contributed by atoms with Crippen molar-refractivity contribution in [1.82, 2.24) is 10.2 Å². The van der Waals surface area contributed by atoms with Crippen LogP contribution in [0.4, 0.5) is 0 Å². The summed E-state index contributed by atoms with van der Waals surface area (Å²) in [5.41, 5.74) is 1.74. The van der Waals surface area contributed by atoms with Gasteiger partial charge in [0.1, 0.15) is 11.5 Å². The van der Waals surface area contributed by atoms with E-state index in [2.05, 4.69) is 10.2 Å². The molecule has 3 rings (SSSR count). The Balaban J connectivity index is 1.63. The number of amides is 1. The van der Waals surface area contributed by atoms with Crippen LogP contribution < -0.4 is 14.8 Å². The molecule has 1 aliphatic carbocycles. The maximum atomic E-state index is 12.1. The fourth-order valence-electron chi connectivity index (χ4n) is 3.94. The van der Waals surface area contributed by atoms with Crippen LogP contribution in [0.25, 0.3) is 0 Å². The number of aliphatic hydroxyl groups is 1. The Morgan fingerprint density at radius 2 is 1.92 bits per heavy atom. The van der Waals surface area contributed by atoms with Crippen molar-refractivity contribution < 1.29 is 19.4 Å². The van der Waals surface area contributed by atoms with Gasteiger partial charge >= 0.3 is 0 Å². The summed E-state index contributed by atoms with van der Waals surface area (Å²) in [6.07, 6.45) is 4.41. The van der Waals surface area contributed by atoms with Crippen molar-refractivity contribution in [3.63, 3.8) is 0 Å². The summed E-state index contributed by atoms with van der Waals surface area (Å²) < 4.78 is 10.8. The lowest BCUT2D eigenvalue weighted by Gasteiger charge is -2.33. The number of aliphatic hydroxyl groups excluding tert-OH is 1. The third-order valence-electron chi connectivity index (χ3n) is 5.24. The van der Waals surface area contributed by atoms with Crippen molar-refractivity contribution in [2.45, 2.75) is 50.8 Å². The zero-order chi connectivity index (χ0) is 17.8. The van der Waals surface area contributed by atoms with Crippen LogP contribution in [0.5, 0.6) is 11.5 Å². The highest BCUT2D eigenvalue weighted by Crippen LogP contribution is 2.39. The second-order valence-electron chi connectivity index (χ2n) is 6.91. The molecule has 25 heavy (non-hydrogen) atoms. The van der Waals surface area contributed by atoms with Crippen LogP contribution >= 0.6 is 0 Å². The average molecular weight is 348 g/mol. The average Bonchev–Trinajstić information content (AvgIpc) is 3.12. The van der Waals surface area contributed by atoms with Gasteiger partial charge in [0.05, 0.1) is 20.3 Å². The molecule has 1 aromatic rings. The van der Waals surface area contributed by atoms with Gasteiger partial charge in [-0.3, -0.25) is 9.69 Å². The van der Waals surface area contributed by atoms with E-state index in [-0.39, 0.29) is 5.91 Å². The van der Waals surface area contributed by atoms with Gasteiger partial charge in [-0.2, -0.15) is 0 Å². The van der Waals surface area contributed by atoms with E-state index in [1.807, 2.05) is 12.1 Å². The Labute approximate surface area is 149 Å². The number of nitrogens with one attached hydrogen (secondary N) is 1. The SMILES string of the molecule is COc1ccc(OC)c2c1CN(CCC(=O)NC1CCCC1)CC2O. The van der Waals surface area contributed by atoms with Gasteiger partial charge in [-0.15, -0.1) is 0 Å². The number of methoxy groups -OCH3 is 2. The molecule has 0 aromatic heterocycles. The molecule has 1 atom stereocenters. The minimum atomic E-state index is -0.647. The maximum absolute atomic E-state index is 12.1. The van der Waals surface area contributed by atoms with E-state index in [0.29, 0.717) is 37.8 Å². The number of β-amino-alcohol motifs (C(OH)–C–C–N with tert-alkyl or cyclic N) is 1. The first kappa shape index (κ1) is 18.0. The highest BCUT2D eigenvalue weighted by atomic mass is 16.5. The van der Waals surface area contributed by atoms with E-state index in [4.69, 9.17) is 9.47 Å². The fraction of sp³-hybridized carbons (Fsp3) is 0.632. The van der Waals surface area contributed by atoms with Gasteiger partial charge in [-0.25, -0.2) is 0 Å². The van der Waals surface area contributed by atoms with Gasteiger partial charge in [-0.05, 0) is 25.0 Å². The molecule has 1 unspecified atom stereocenters. The van der Waals surface area contributed by atoms with Gasteiger partial charge in [0, 0.05) is 43.2 Å². The van der Waals surface area contributed by atoms with Crippen molar-refractivity contribution in [2.24, 2.45) is 0 Å². The summed E-state index contributed by atoms with van der Waals surface area (Å²) in [5, 5.41) is 13.7. The number of ether oxygens (including phenoxy) is 2. The lowest BCUT2D eigenvalue weighted by atomic mass is 9.95. The van der Waals surface area contributed by atoms with Gasteiger partial charge in [0.2, 0.25) is 5.91 Å². The number of fused-ring (bicyclic) bond motifs is 1. The van der Waals surface area contributed by atoms with Crippen LogP contribution in [0.15, 0.2) is 12.1 Å². The van der Waals surface area contributed by atoms with Crippen molar-refractivity contribution >= 4 is 5.91 Å². The maximum Gasteiger partial charge on any atom is 0.221 e. The molecular formula is C19H28N2O4. The van der Waals surface area contributed by atoms with Gasteiger partial charge < -0.3 is 19.9 Å². The zero-order valence-electron chi connectivity index (χ0n) is 15.1. The number of carbonyl (C=O) groups excluding carboxylic acids is 1. The highest BCUT2D eigenvalue weighted by Gasteiger charge is 2.29. The predicted molar refractivity (Wildman–Crippen MR) is 94.8 cm³/mol. The third-order valence-corrected chi connectivity index (χ3v) is 5.24. The van der Waals surface area contributed by atoms with Crippen LogP contribution in [0, 0.1) is 0 Å². The number of hydrogen-bond acceptors (Lipinski definition) is 5. The summed E-state index contributed by atoms with van der Waals surface area (Å²) in [4.78, 5) is 14.2. The number of hydrogen-bond donors (Lipinski definition) is 2. The van der Waals surface area contributed by atoms with Crippen molar-refractivity contribution in [3.8, 4) is 11.5 Å². The molecule has 0 bridgehead atoms. The topological polar surface area (TPSA) is 71.0 Å². The molecule has 0 radical (unpaired) electrons. The summed E-state index contributed by atoms with van der Waals surface area (Å²) in [6, 6.07) is 4.04. The van der Waals surface area contributed by atoms with Crippen molar-refractivity contribution in [3.05, 3.63) is 23.3 Å². The highest BCUT2D eigenvalue weighted by molar-refractivity contribution is 5.76. The Morgan fingerprint density at radius 1 is 1.24 bits per heavy atom. The van der Waals surface area contributed by atoms with Gasteiger partial charge in [-0.1, -0.05) is 12.8 Å². The predicted octanol–water partition coefficient (Wildman–Crippen LogP) is 2.00. The molecule has 1 fully saturated rings. The Hall–Kier alpha value is -1.79. The quantitative estimate of drug-likeness (QED) is 0.823. The van der Waals surface area contributed by atoms with E-state index in [9.17, 15) is 9.90 Å². The number of nitrogens with zero attached hydrogens (tertiary/aromatic N) is 1. The molecule has 0 saturated heterocycles. The molecule has 0 spiro atoms. The van der Waals surface area contributed by atoms with E-state index in [1.165, 1.54) is 12.8 Å². The first-order valence-corrected chi connectivity index (χ1v) is 9.06. The summed E-state index contributed by atoms with van der Waals surface area (Å²) in [5.74, 6) is 1.53. The normalized spacial score (nSPS) is 21.0. The summed E-state index contributed by atoms with van der Waals surface area (Å²) in [7, 11) is 3.23. The second-order valence-corrected chi connectivity index (χ2v) is 6.91. The van der Waals surface area contributed by atoms with Crippen LogP contribution in [0.2, 0.25) is 0 Å². The summed E-state index contributed by atoms with van der Waals surface area (Å²) in [6.45, 7) is 1.76. The smallest absolute Gasteiger partial charge is 0.221 e. The van der Waals surface area contributed by atoms with Crippen LogP contribution in [-0.4, -0.2) is 49.3 Å². The number of carbonyl (C=O) groups is 1. The van der Waals surface area contributed by atoms with Gasteiger partial charge in [0.25, 0.3) is 0 Å². The van der Waals surface area contributed by atoms with Crippen molar-refractivity contribution in [2.75, 3.05) is 27.3 Å².